The highest BCUT2D eigenvalue weighted by Crippen LogP contribution is 2.67. The summed E-state index contributed by atoms with van der Waals surface area (Å²) in [5, 5.41) is 0. The second-order valence-corrected chi connectivity index (χ2v) is 16.6. The number of carbonyl (C=O) groups excluding carboxylic acids is 2. The van der Waals surface area contributed by atoms with Crippen LogP contribution in [0.4, 0.5) is 5.69 Å². The van der Waals surface area contributed by atoms with Crippen molar-refractivity contribution in [3.05, 3.63) is 49.1 Å². The topological polar surface area (TPSA) is 55.8 Å². The first-order valence-electron chi connectivity index (χ1n) is 16.3. The molecule has 3 atom stereocenters. The van der Waals surface area contributed by atoms with Crippen LogP contribution in [0.15, 0.2) is 37.9 Å². The van der Waals surface area contributed by atoms with Crippen LogP contribution in [0.5, 0.6) is 0 Å². The molecular formula is C36H53NO4S2. The second-order valence-electron chi connectivity index (χ2n) is 14.3. The van der Waals surface area contributed by atoms with Crippen LogP contribution >= 0.6 is 23.5 Å². The van der Waals surface area contributed by atoms with Gasteiger partial charge in [-0.3, -0.25) is 0 Å². The summed E-state index contributed by atoms with van der Waals surface area (Å²) in [6.45, 7) is 25.2. The molecule has 43 heavy (non-hydrogen) atoms. The van der Waals surface area contributed by atoms with Gasteiger partial charge in [-0.25, -0.2) is 9.59 Å². The zero-order valence-corrected chi connectivity index (χ0v) is 29.9. The highest BCUT2D eigenvalue weighted by molar-refractivity contribution is 8.29. The maximum atomic E-state index is 13.3. The number of para-hydroxylation sites is 1. The van der Waals surface area contributed by atoms with E-state index in [4.69, 9.17) is 9.47 Å². The molecule has 0 amide bonds. The Morgan fingerprint density at radius 3 is 1.86 bits per heavy atom. The summed E-state index contributed by atoms with van der Waals surface area (Å²) in [5.74, 6) is 1.37. The van der Waals surface area contributed by atoms with Gasteiger partial charge in [0.15, 0.2) is 0 Å². The van der Waals surface area contributed by atoms with Gasteiger partial charge in [-0.05, 0) is 87.7 Å². The lowest BCUT2D eigenvalue weighted by molar-refractivity contribution is -0.140. The molecule has 2 heterocycles. The number of benzene rings is 1. The Labute approximate surface area is 269 Å². The van der Waals surface area contributed by atoms with Crippen molar-refractivity contribution in [1.29, 1.82) is 0 Å². The largest absolute Gasteiger partial charge is 0.462 e. The van der Waals surface area contributed by atoms with Crippen LogP contribution < -0.4 is 4.90 Å². The van der Waals surface area contributed by atoms with Crippen LogP contribution in [0.1, 0.15) is 125 Å². The van der Waals surface area contributed by atoms with Gasteiger partial charge in [0.2, 0.25) is 0 Å². The molecule has 2 aliphatic heterocycles. The minimum absolute atomic E-state index is 0.0904. The summed E-state index contributed by atoms with van der Waals surface area (Å²) in [6.07, 6.45) is 4.54. The molecule has 1 aromatic carbocycles. The zero-order valence-electron chi connectivity index (χ0n) is 28.3. The first-order chi connectivity index (χ1) is 20.2. The van der Waals surface area contributed by atoms with Crippen molar-refractivity contribution in [3.63, 3.8) is 0 Å². The summed E-state index contributed by atoms with van der Waals surface area (Å²) < 4.78 is 12.0. The van der Waals surface area contributed by atoms with Crippen LogP contribution in [-0.2, 0) is 19.1 Å². The first-order valence-corrected chi connectivity index (χ1v) is 17.9. The lowest BCUT2D eigenvalue weighted by Crippen LogP contribution is -2.41. The summed E-state index contributed by atoms with van der Waals surface area (Å²) in [6, 6.07) is 6.79. The molecule has 2 fully saturated rings. The number of carbonyl (C=O) groups is 2. The van der Waals surface area contributed by atoms with E-state index in [9.17, 15) is 9.59 Å². The van der Waals surface area contributed by atoms with Crippen molar-refractivity contribution in [2.45, 2.75) is 119 Å². The quantitative estimate of drug-likeness (QED) is 0.266. The SMILES string of the molecule is CCOC(=O)C1=C(C(=O)OCC)SC(=C2N(c3c(C(C)C)cccc3C(C)C)C(C)(C)C[C@@]23C[C@H](C)CC[C@H]3C(C)C)S1. The molecule has 0 bridgehead atoms. The fraction of sp³-hybridized carbons (Fsp3) is 0.667. The van der Waals surface area contributed by atoms with E-state index in [1.807, 2.05) is 0 Å². The molecule has 0 aromatic heterocycles. The van der Waals surface area contributed by atoms with E-state index in [-0.39, 0.29) is 24.2 Å². The maximum absolute atomic E-state index is 13.3. The highest BCUT2D eigenvalue weighted by Gasteiger charge is 2.60. The minimum atomic E-state index is -0.445. The highest BCUT2D eigenvalue weighted by atomic mass is 32.2. The lowest BCUT2D eigenvalue weighted by atomic mass is 9.57. The van der Waals surface area contributed by atoms with Crippen molar-refractivity contribution >= 4 is 41.1 Å². The van der Waals surface area contributed by atoms with Crippen molar-refractivity contribution < 1.29 is 19.1 Å². The third-order valence-corrected chi connectivity index (χ3v) is 12.1. The molecule has 1 saturated heterocycles. The number of anilines is 1. The number of hydrogen-bond donors (Lipinski definition) is 0. The van der Waals surface area contributed by atoms with Crippen LogP contribution in [0, 0.1) is 23.2 Å². The Balaban J connectivity index is 2.08. The molecule has 3 aliphatic rings. The van der Waals surface area contributed by atoms with Crippen LogP contribution in [-0.4, -0.2) is 30.7 Å². The Hall–Kier alpha value is -1.86. The van der Waals surface area contributed by atoms with E-state index in [0.717, 1.165) is 17.1 Å². The summed E-state index contributed by atoms with van der Waals surface area (Å²) in [7, 11) is 0. The molecular weight excluding hydrogens is 575 g/mol. The summed E-state index contributed by atoms with van der Waals surface area (Å²) in [5.41, 5.74) is 5.02. The van der Waals surface area contributed by atoms with E-state index >= 15 is 0 Å². The number of hydrogen-bond acceptors (Lipinski definition) is 7. The number of thioether (sulfide) groups is 2. The van der Waals surface area contributed by atoms with Crippen molar-refractivity contribution in [3.8, 4) is 0 Å². The van der Waals surface area contributed by atoms with E-state index in [1.54, 1.807) is 13.8 Å². The number of rotatable bonds is 8. The van der Waals surface area contributed by atoms with Gasteiger partial charge in [-0.15, -0.1) is 0 Å². The Morgan fingerprint density at radius 1 is 0.907 bits per heavy atom. The van der Waals surface area contributed by atoms with E-state index in [0.29, 0.717) is 39.4 Å². The number of esters is 2. The van der Waals surface area contributed by atoms with Gasteiger partial charge < -0.3 is 14.4 Å². The van der Waals surface area contributed by atoms with Crippen LogP contribution in [0.2, 0.25) is 0 Å². The molecule has 1 aromatic rings. The van der Waals surface area contributed by atoms with Gasteiger partial charge in [0, 0.05) is 22.3 Å². The number of nitrogens with zero attached hydrogens (tertiary/aromatic N) is 1. The van der Waals surface area contributed by atoms with Gasteiger partial charge in [0.05, 0.1) is 17.5 Å². The van der Waals surface area contributed by atoms with Crippen molar-refractivity contribution in [1.82, 2.24) is 0 Å². The molecule has 7 heteroatoms. The monoisotopic (exact) mass is 627 g/mol. The predicted octanol–water partition coefficient (Wildman–Crippen LogP) is 9.99. The fourth-order valence-electron chi connectivity index (χ4n) is 8.06. The number of allylic oxidation sites excluding steroid dienone is 1. The molecule has 0 radical (unpaired) electrons. The van der Waals surface area contributed by atoms with Crippen LogP contribution in [0.25, 0.3) is 0 Å². The zero-order chi connectivity index (χ0) is 31.9. The fourth-order valence-corrected chi connectivity index (χ4v) is 10.8. The Kier molecular flexibility index (Phi) is 10.5. The van der Waals surface area contributed by atoms with Gasteiger partial charge in [0.1, 0.15) is 9.81 Å². The summed E-state index contributed by atoms with van der Waals surface area (Å²) >= 11 is 2.87. The van der Waals surface area contributed by atoms with E-state index < -0.39 is 11.9 Å². The van der Waals surface area contributed by atoms with E-state index in [1.165, 1.54) is 58.9 Å². The minimum Gasteiger partial charge on any atom is -0.462 e. The molecule has 5 nitrogen and oxygen atoms in total. The van der Waals surface area contributed by atoms with E-state index in [2.05, 4.69) is 85.4 Å². The first kappa shape index (κ1) is 34.0. The molecule has 4 rings (SSSR count). The molecule has 1 spiro atoms. The normalized spacial score (nSPS) is 25.6. The van der Waals surface area contributed by atoms with Crippen molar-refractivity contribution in [2.75, 3.05) is 18.1 Å². The molecule has 1 aliphatic carbocycles. The summed E-state index contributed by atoms with van der Waals surface area (Å²) in [4.78, 5) is 30.0. The molecule has 238 valence electrons. The molecule has 1 saturated carbocycles. The van der Waals surface area contributed by atoms with Gasteiger partial charge in [-0.1, -0.05) is 96.6 Å². The van der Waals surface area contributed by atoms with Crippen molar-refractivity contribution in [2.24, 2.45) is 23.2 Å². The van der Waals surface area contributed by atoms with Crippen LogP contribution in [0.3, 0.4) is 0 Å². The Bertz CT molecular complexity index is 1240. The Morgan fingerprint density at radius 2 is 1.42 bits per heavy atom. The average Bonchev–Trinajstić information content (AvgIpc) is 3.44. The molecule has 0 unspecified atom stereocenters. The van der Waals surface area contributed by atoms with Gasteiger partial charge in [-0.2, -0.15) is 0 Å². The smallest absolute Gasteiger partial charge is 0.346 e. The molecule has 0 N–H and O–H groups in total. The maximum Gasteiger partial charge on any atom is 0.346 e. The third kappa shape index (κ3) is 6.32. The van der Waals surface area contributed by atoms with Gasteiger partial charge >= 0.3 is 11.9 Å². The third-order valence-electron chi connectivity index (χ3n) is 9.52. The predicted molar refractivity (Wildman–Crippen MR) is 182 cm³/mol. The second kappa shape index (κ2) is 13.2. The van der Waals surface area contributed by atoms with Gasteiger partial charge in [0.25, 0.3) is 0 Å². The standard InChI is InChI=1S/C36H53NO4S2/c1-12-40-32(38)29-30(33(39)41-13-2)43-34(42-29)31-36(19-24(9)17-18-27(36)23(7)8)20-35(10,11)37(31)28-25(21(3)4)15-14-16-26(28)22(5)6/h14-16,21-24,27H,12-13,17-20H2,1-11H3/t24-,27+,36-/m1/s1. The average molecular weight is 628 g/mol. The lowest BCUT2D eigenvalue weighted by Gasteiger charge is -2.48. The number of ether oxygens (including phenoxy) is 2.